The van der Waals surface area contributed by atoms with E-state index in [1.165, 1.54) is 29.2 Å². The molecule has 1 aromatic heterocycles. The van der Waals surface area contributed by atoms with Gasteiger partial charge in [0.05, 0.1) is 11.4 Å². The summed E-state index contributed by atoms with van der Waals surface area (Å²) in [5, 5.41) is 9.18. The van der Waals surface area contributed by atoms with Gasteiger partial charge in [-0.25, -0.2) is 0 Å². The van der Waals surface area contributed by atoms with E-state index in [0.29, 0.717) is 17.8 Å². The number of benzene rings is 2. The van der Waals surface area contributed by atoms with Crippen LogP contribution in [-0.2, 0) is 15.8 Å². The molecule has 166 valence electrons. The van der Waals surface area contributed by atoms with Crippen LogP contribution in [0.2, 0.25) is 0 Å². The standard InChI is InChI=1S/C21H18F3N5O3/c1-25-14-4-2-3-5-15(14)26-19(31)16-10-11-17(30)29(16)13-8-6-12(7-9-13)18-27-20(32-28-18)21(22,23)24/h2-9,16,25H,10-11H2,1H3,(H,26,31). The number of rotatable bonds is 5. The molecule has 0 radical (unpaired) electrons. The normalized spacial score (nSPS) is 16.3. The second-order valence-corrected chi connectivity index (χ2v) is 7.07. The molecule has 0 aliphatic carbocycles. The van der Waals surface area contributed by atoms with Crippen LogP contribution in [0.1, 0.15) is 18.7 Å². The Balaban J connectivity index is 1.54. The molecular weight excluding hydrogens is 427 g/mol. The Kier molecular flexibility index (Phi) is 5.56. The summed E-state index contributed by atoms with van der Waals surface area (Å²) in [7, 11) is 1.74. The van der Waals surface area contributed by atoms with Gasteiger partial charge in [0, 0.05) is 24.7 Å². The first-order valence-corrected chi connectivity index (χ1v) is 9.69. The molecule has 1 atom stereocenters. The van der Waals surface area contributed by atoms with Gasteiger partial charge in [0.25, 0.3) is 0 Å². The molecule has 0 spiro atoms. The topological polar surface area (TPSA) is 100 Å². The molecule has 0 bridgehead atoms. The minimum atomic E-state index is -4.74. The van der Waals surface area contributed by atoms with Gasteiger partial charge in [-0.2, -0.15) is 18.2 Å². The van der Waals surface area contributed by atoms with Crippen molar-refractivity contribution in [2.45, 2.75) is 25.1 Å². The lowest BCUT2D eigenvalue weighted by atomic mass is 10.1. The number of carbonyl (C=O) groups excluding carboxylic acids is 2. The maximum absolute atomic E-state index is 12.9. The van der Waals surface area contributed by atoms with Crippen LogP contribution in [0, 0.1) is 0 Å². The van der Waals surface area contributed by atoms with Crippen molar-refractivity contribution in [3.63, 3.8) is 0 Å². The molecule has 1 aliphatic heterocycles. The van der Waals surface area contributed by atoms with E-state index in [1.54, 1.807) is 19.2 Å². The molecule has 2 N–H and O–H groups in total. The largest absolute Gasteiger partial charge is 0.471 e. The van der Waals surface area contributed by atoms with E-state index in [1.807, 2.05) is 12.1 Å². The highest BCUT2D eigenvalue weighted by Crippen LogP contribution is 2.32. The molecule has 1 fully saturated rings. The zero-order chi connectivity index (χ0) is 22.9. The van der Waals surface area contributed by atoms with Crippen molar-refractivity contribution in [1.82, 2.24) is 10.1 Å². The molecule has 11 heteroatoms. The Hall–Kier alpha value is -3.89. The monoisotopic (exact) mass is 445 g/mol. The second-order valence-electron chi connectivity index (χ2n) is 7.07. The lowest BCUT2D eigenvalue weighted by Crippen LogP contribution is -2.41. The fourth-order valence-electron chi connectivity index (χ4n) is 3.51. The van der Waals surface area contributed by atoms with Crippen molar-refractivity contribution >= 4 is 28.9 Å². The Bertz CT molecular complexity index is 1140. The van der Waals surface area contributed by atoms with Gasteiger partial charge in [-0.15, -0.1) is 0 Å². The van der Waals surface area contributed by atoms with Gasteiger partial charge in [-0.1, -0.05) is 17.3 Å². The van der Waals surface area contributed by atoms with Gasteiger partial charge in [0.1, 0.15) is 6.04 Å². The van der Waals surface area contributed by atoms with Crippen LogP contribution in [-0.4, -0.2) is 35.0 Å². The average molecular weight is 445 g/mol. The Morgan fingerprint density at radius 1 is 1.12 bits per heavy atom. The van der Waals surface area contributed by atoms with Crippen LogP contribution in [0.25, 0.3) is 11.4 Å². The average Bonchev–Trinajstić information content (AvgIpc) is 3.41. The highest BCUT2D eigenvalue weighted by Gasteiger charge is 2.39. The third kappa shape index (κ3) is 4.13. The molecule has 2 amide bonds. The SMILES string of the molecule is CNc1ccccc1NC(=O)C1CCC(=O)N1c1ccc(-c2noc(C(F)(F)F)n2)cc1. The van der Waals surface area contributed by atoms with Crippen LogP contribution in [0.15, 0.2) is 53.1 Å². The summed E-state index contributed by atoms with van der Waals surface area (Å²) in [5.74, 6) is -2.23. The number of amides is 2. The number of nitrogens with one attached hydrogen (secondary N) is 2. The first-order chi connectivity index (χ1) is 15.3. The molecular formula is C21H18F3N5O3. The first-order valence-electron chi connectivity index (χ1n) is 9.69. The molecule has 2 aromatic carbocycles. The number of hydrogen-bond donors (Lipinski definition) is 2. The maximum Gasteiger partial charge on any atom is 0.471 e. The lowest BCUT2D eigenvalue weighted by Gasteiger charge is -2.24. The predicted molar refractivity (Wildman–Crippen MR) is 110 cm³/mol. The molecule has 3 aromatic rings. The predicted octanol–water partition coefficient (Wildman–Crippen LogP) is 3.93. The molecule has 1 unspecified atom stereocenters. The van der Waals surface area contributed by atoms with Gasteiger partial charge in [0.15, 0.2) is 0 Å². The van der Waals surface area contributed by atoms with Gasteiger partial charge in [0.2, 0.25) is 17.6 Å². The number of carbonyl (C=O) groups is 2. The fourth-order valence-corrected chi connectivity index (χ4v) is 3.51. The second kappa shape index (κ2) is 8.33. The first kappa shape index (κ1) is 21.3. The molecule has 2 heterocycles. The van der Waals surface area contributed by atoms with Gasteiger partial charge < -0.3 is 15.2 Å². The van der Waals surface area contributed by atoms with Crippen LogP contribution >= 0.6 is 0 Å². The van der Waals surface area contributed by atoms with Crippen molar-refractivity contribution in [3.8, 4) is 11.4 Å². The van der Waals surface area contributed by atoms with Crippen LogP contribution in [0.4, 0.5) is 30.2 Å². The number of aromatic nitrogens is 2. The summed E-state index contributed by atoms with van der Waals surface area (Å²) in [6.45, 7) is 0. The lowest BCUT2D eigenvalue weighted by molar-refractivity contribution is -0.159. The molecule has 8 nitrogen and oxygen atoms in total. The third-order valence-electron chi connectivity index (χ3n) is 5.04. The third-order valence-corrected chi connectivity index (χ3v) is 5.04. The van der Waals surface area contributed by atoms with Crippen molar-refractivity contribution in [3.05, 3.63) is 54.4 Å². The van der Waals surface area contributed by atoms with Gasteiger partial charge in [-0.3, -0.25) is 14.5 Å². The summed E-state index contributed by atoms with van der Waals surface area (Å²) in [6.07, 6.45) is -4.19. The number of para-hydroxylation sites is 2. The number of hydrogen-bond acceptors (Lipinski definition) is 6. The Morgan fingerprint density at radius 2 is 1.81 bits per heavy atom. The van der Waals surface area contributed by atoms with Gasteiger partial charge >= 0.3 is 12.1 Å². The van der Waals surface area contributed by atoms with E-state index in [-0.39, 0.29) is 29.6 Å². The number of halogens is 3. The Morgan fingerprint density at radius 3 is 2.44 bits per heavy atom. The minimum Gasteiger partial charge on any atom is -0.386 e. The van der Waals surface area contributed by atoms with Crippen LogP contribution in [0.3, 0.4) is 0 Å². The molecule has 4 rings (SSSR count). The number of nitrogens with zero attached hydrogens (tertiary/aromatic N) is 3. The maximum atomic E-state index is 12.9. The zero-order valence-electron chi connectivity index (χ0n) is 16.8. The van der Waals surface area contributed by atoms with E-state index in [9.17, 15) is 22.8 Å². The van der Waals surface area contributed by atoms with Crippen LogP contribution in [0.5, 0.6) is 0 Å². The summed E-state index contributed by atoms with van der Waals surface area (Å²) in [6, 6.07) is 12.5. The summed E-state index contributed by atoms with van der Waals surface area (Å²) >= 11 is 0. The van der Waals surface area contributed by atoms with E-state index in [2.05, 4.69) is 25.3 Å². The molecule has 1 aliphatic rings. The van der Waals surface area contributed by atoms with E-state index in [0.717, 1.165) is 5.69 Å². The van der Waals surface area contributed by atoms with Crippen molar-refractivity contribution < 1.29 is 27.3 Å². The molecule has 32 heavy (non-hydrogen) atoms. The smallest absolute Gasteiger partial charge is 0.386 e. The molecule has 1 saturated heterocycles. The van der Waals surface area contributed by atoms with Crippen molar-refractivity contribution in [2.75, 3.05) is 22.6 Å². The zero-order valence-corrected chi connectivity index (χ0v) is 16.8. The van der Waals surface area contributed by atoms with Crippen molar-refractivity contribution in [2.24, 2.45) is 0 Å². The summed E-state index contributed by atoms with van der Waals surface area (Å²) in [4.78, 5) is 30.2. The highest BCUT2D eigenvalue weighted by molar-refractivity contribution is 6.08. The summed E-state index contributed by atoms with van der Waals surface area (Å²) < 4.78 is 42.3. The minimum absolute atomic E-state index is 0.202. The number of alkyl halides is 3. The Labute approximate surface area is 180 Å². The van der Waals surface area contributed by atoms with Crippen molar-refractivity contribution in [1.29, 1.82) is 0 Å². The van der Waals surface area contributed by atoms with Gasteiger partial charge in [-0.05, 0) is 42.8 Å². The summed E-state index contributed by atoms with van der Waals surface area (Å²) in [5.41, 5.74) is 2.05. The molecule has 0 saturated carbocycles. The quantitative estimate of drug-likeness (QED) is 0.617. The number of anilines is 3. The highest BCUT2D eigenvalue weighted by atomic mass is 19.4. The van der Waals surface area contributed by atoms with E-state index >= 15 is 0 Å². The van der Waals surface area contributed by atoms with E-state index < -0.39 is 18.1 Å². The fraction of sp³-hybridized carbons (Fsp3) is 0.238. The van der Waals surface area contributed by atoms with Crippen LogP contribution < -0.4 is 15.5 Å². The van der Waals surface area contributed by atoms with E-state index in [4.69, 9.17) is 0 Å².